The van der Waals surface area contributed by atoms with Crippen LogP contribution in [-0.4, -0.2) is 71.6 Å². The summed E-state index contributed by atoms with van der Waals surface area (Å²) >= 11 is 0. The highest BCUT2D eigenvalue weighted by molar-refractivity contribution is 5.94. The lowest BCUT2D eigenvalue weighted by Crippen LogP contribution is -2.35. The zero-order valence-electron chi connectivity index (χ0n) is 24.9. The van der Waals surface area contributed by atoms with Gasteiger partial charge in [0.1, 0.15) is 5.76 Å². The molecule has 228 valence electrons. The third-order valence-corrected chi connectivity index (χ3v) is 8.47. The van der Waals surface area contributed by atoms with Gasteiger partial charge in [0, 0.05) is 44.7 Å². The first-order valence-corrected chi connectivity index (χ1v) is 15.2. The third-order valence-electron chi connectivity index (χ3n) is 8.47. The number of carbonyl (C=O) groups is 1. The molecule has 0 N–H and O–H groups in total. The van der Waals surface area contributed by atoms with Crippen molar-refractivity contribution in [3.8, 4) is 0 Å². The van der Waals surface area contributed by atoms with Gasteiger partial charge in [0.05, 0.1) is 23.8 Å². The highest BCUT2D eigenvalue weighted by Gasteiger charge is 2.24. The number of rotatable bonds is 10. The van der Waals surface area contributed by atoms with Gasteiger partial charge in [-0.15, -0.1) is 0 Å². The number of imidazole rings is 1. The van der Waals surface area contributed by atoms with Gasteiger partial charge in [-0.2, -0.15) is 0 Å². The fourth-order valence-corrected chi connectivity index (χ4v) is 6.10. The van der Waals surface area contributed by atoms with Gasteiger partial charge < -0.3 is 23.7 Å². The molecule has 1 aliphatic rings. The van der Waals surface area contributed by atoms with Crippen LogP contribution in [-0.2, 0) is 6.54 Å². The van der Waals surface area contributed by atoms with Crippen molar-refractivity contribution in [3.63, 3.8) is 0 Å². The monoisotopic (exact) mass is 597 g/mol. The first-order chi connectivity index (χ1) is 21.5. The minimum absolute atomic E-state index is 0.0963. The Kier molecular flexibility index (Phi) is 9.02. The van der Waals surface area contributed by atoms with Gasteiger partial charge in [0.2, 0.25) is 5.95 Å². The molecular formula is C35H37F2N5O2. The maximum Gasteiger partial charge on any atom is 0.253 e. The zero-order chi connectivity index (χ0) is 30.5. The molecule has 3 aromatic carbocycles. The summed E-state index contributed by atoms with van der Waals surface area (Å²) in [6.07, 6.45) is 3.36. The third kappa shape index (κ3) is 6.68. The Morgan fingerprint density at radius 1 is 0.932 bits per heavy atom. The number of nitrogens with zero attached hydrogens (tertiary/aromatic N) is 5. The molecule has 0 radical (unpaired) electrons. The molecule has 0 saturated carbocycles. The van der Waals surface area contributed by atoms with Crippen LogP contribution in [0.4, 0.5) is 14.7 Å². The molecule has 7 nitrogen and oxygen atoms in total. The summed E-state index contributed by atoms with van der Waals surface area (Å²) in [7, 11) is 1.76. The van der Waals surface area contributed by atoms with Crippen molar-refractivity contribution in [2.24, 2.45) is 0 Å². The SMILES string of the molecule is CN(CC(CCN1CCCN(c2nc3ccccc3n2Cc2ccco2)CC1)c1ccc(F)c(F)c1)C(=O)c1ccccc1. The number of aromatic nitrogens is 2. The van der Waals surface area contributed by atoms with Gasteiger partial charge in [0.25, 0.3) is 5.91 Å². The number of fused-ring (bicyclic) bond motifs is 1. The van der Waals surface area contributed by atoms with Gasteiger partial charge in [-0.1, -0.05) is 36.4 Å². The van der Waals surface area contributed by atoms with E-state index < -0.39 is 11.6 Å². The fourth-order valence-electron chi connectivity index (χ4n) is 6.10. The second kappa shape index (κ2) is 13.4. The molecule has 5 aromatic rings. The van der Waals surface area contributed by atoms with E-state index in [1.807, 2.05) is 48.5 Å². The first kappa shape index (κ1) is 29.6. The number of furan rings is 1. The molecule has 44 heavy (non-hydrogen) atoms. The minimum atomic E-state index is -0.869. The Balaban J connectivity index is 1.15. The molecule has 1 atom stereocenters. The second-order valence-corrected chi connectivity index (χ2v) is 11.5. The van der Waals surface area contributed by atoms with Crippen LogP contribution in [0.5, 0.6) is 0 Å². The zero-order valence-corrected chi connectivity index (χ0v) is 24.9. The number of amides is 1. The maximum absolute atomic E-state index is 14.3. The molecule has 0 aliphatic carbocycles. The number of hydrogen-bond acceptors (Lipinski definition) is 5. The quantitative estimate of drug-likeness (QED) is 0.186. The highest BCUT2D eigenvalue weighted by atomic mass is 19.2. The fraction of sp³-hybridized carbons (Fsp3) is 0.314. The van der Waals surface area contributed by atoms with E-state index in [-0.39, 0.29) is 11.8 Å². The van der Waals surface area contributed by atoms with Gasteiger partial charge in [0.15, 0.2) is 11.6 Å². The lowest BCUT2D eigenvalue weighted by Gasteiger charge is -2.28. The summed E-state index contributed by atoms with van der Waals surface area (Å²) < 4.78 is 36.0. The number of carbonyl (C=O) groups excluding carboxylic acids is 1. The largest absolute Gasteiger partial charge is 0.467 e. The van der Waals surface area contributed by atoms with E-state index in [1.165, 1.54) is 12.1 Å². The standard InChI is InChI=1S/C35H37F2N5O2/c1-39(34(43)26-9-3-2-4-10-26)24-28(27-14-15-30(36)31(37)23-27)16-19-40-17-8-18-41(21-20-40)35-38-32-12-5-6-13-33(32)42(35)25-29-11-7-22-44-29/h2-7,9-15,22-23,28H,8,16-21,24-25H2,1H3. The summed E-state index contributed by atoms with van der Waals surface area (Å²) in [5.41, 5.74) is 3.33. The molecule has 0 bridgehead atoms. The Labute approximate surface area is 256 Å². The van der Waals surface area contributed by atoms with Crippen molar-refractivity contribution in [3.05, 3.63) is 120 Å². The Morgan fingerprint density at radius 2 is 1.75 bits per heavy atom. The molecular weight excluding hydrogens is 560 g/mol. The molecule has 1 aliphatic heterocycles. The average molecular weight is 598 g/mol. The molecule has 1 amide bonds. The summed E-state index contributed by atoms with van der Waals surface area (Å²) in [6.45, 7) is 5.21. The number of para-hydroxylation sites is 2. The van der Waals surface area contributed by atoms with E-state index in [1.54, 1.807) is 36.4 Å². The van der Waals surface area contributed by atoms with E-state index in [4.69, 9.17) is 9.40 Å². The highest BCUT2D eigenvalue weighted by Crippen LogP contribution is 2.27. The van der Waals surface area contributed by atoms with Gasteiger partial charge >= 0.3 is 0 Å². The van der Waals surface area contributed by atoms with E-state index in [0.29, 0.717) is 30.6 Å². The van der Waals surface area contributed by atoms with E-state index in [9.17, 15) is 13.6 Å². The van der Waals surface area contributed by atoms with E-state index >= 15 is 0 Å². The number of hydrogen-bond donors (Lipinski definition) is 0. The smallest absolute Gasteiger partial charge is 0.253 e. The van der Waals surface area contributed by atoms with Crippen LogP contribution in [0.2, 0.25) is 0 Å². The van der Waals surface area contributed by atoms with Crippen LogP contribution in [0.3, 0.4) is 0 Å². The number of anilines is 1. The Bertz CT molecular complexity index is 1690. The maximum atomic E-state index is 14.3. The number of halogens is 2. The van der Waals surface area contributed by atoms with Crippen molar-refractivity contribution in [1.29, 1.82) is 0 Å². The van der Waals surface area contributed by atoms with E-state index in [2.05, 4.69) is 20.4 Å². The number of benzene rings is 3. The summed E-state index contributed by atoms with van der Waals surface area (Å²) in [5, 5.41) is 0. The lowest BCUT2D eigenvalue weighted by atomic mass is 9.94. The van der Waals surface area contributed by atoms with Crippen LogP contribution in [0, 0.1) is 11.6 Å². The molecule has 1 fully saturated rings. The van der Waals surface area contributed by atoms with Crippen molar-refractivity contribution in [2.45, 2.75) is 25.3 Å². The molecule has 9 heteroatoms. The Morgan fingerprint density at radius 3 is 2.55 bits per heavy atom. The van der Waals surface area contributed by atoms with Crippen LogP contribution in [0.25, 0.3) is 11.0 Å². The summed E-state index contributed by atoms with van der Waals surface area (Å²) in [5.74, 6) is -0.171. The molecule has 1 unspecified atom stereocenters. The van der Waals surface area contributed by atoms with Crippen LogP contribution >= 0.6 is 0 Å². The van der Waals surface area contributed by atoms with Crippen molar-refractivity contribution >= 4 is 22.9 Å². The molecule has 3 heterocycles. The molecule has 1 saturated heterocycles. The van der Waals surface area contributed by atoms with E-state index in [0.717, 1.165) is 61.9 Å². The van der Waals surface area contributed by atoms with Gasteiger partial charge in [-0.25, -0.2) is 13.8 Å². The molecule has 6 rings (SSSR count). The first-order valence-electron chi connectivity index (χ1n) is 15.2. The number of likely N-dealkylation sites (N-methyl/N-ethyl adjacent to an activating group) is 1. The average Bonchev–Trinajstić information content (AvgIpc) is 3.63. The predicted molar refractivity (Wildman–Crippen MR) is 168 cm³/mol. The minimum Gasteiger partial charge on any atom is -0.467 e. The lowest BCUT2D eigenvalue weighted by molar-refractivity contribution is 0.0782. The second-order valence-electron chi connectivity index (χ2n) is 11.5. The normalized spacial score (nSPS) is 14.9. The molecule has 0 spiro atoms. The molecule has 2 aromatic heterocycles. The topological polar surface area (TPSA) is 57.8 Å². The van der Waals surface area contributed by atoms with Crippen LogP contribution in [0.1, 0.15) is 40.4 Å². The summed E-state index contributed by atoms with van der Waals surface area (Å²) in [4.78, 5) is 24.6. The van der Waals surface area contributed by atoms with Gasteiger partial charge in [-0.05, 0) is 80.0 Å². The van der Waals surface area contributed by atoms with Crippen molar-refractivity contribution in [2.75, 3.05) is 51.2 Å². The Hall–Kier alpha value is -4.50. The van der Waals surface area contributed by atoms with Crippen LogP contribution in [0.15, 0.2) is 95.6 Å². The predicted octanol–water partition coefficient (Wildman–Crippen LogP) is 6.41. The van der Waals surface area contributed by atoms with Gasteiger partial charge in [-0.3, -0.25) is 4.79 Å². The van der Waals surface area contributed by atoms with Crippen molar-refractivity contribution < 1.29 is 18.0 Å². The van der Waals surface area contributed by atoms with Crippen LogP contribution < -0.4 is 4.90 Å². The summed E-state index contributed by atoms with van der Waals surface area (Å²) in [6, 6.07) is 25.3. The van der Waals surface area contributed by atoms with Crippen molar-refractivity contribution in [1.82, 2.24) is 19.4 Å².